The average molecular weight is 351 g/mol. The van der Waals surface area contributed by atoms with Gasteiger partial charge in [-0.05, 0) is 41.4 Å². The molecule has 0 aliphatic heterocycles. The van der Waals surface area contributed by atoms with E-state index in [9.17, 15) is 0 Å². The maximum Gasteiger partial charge on any atom is 0.442 e. The third kappa shape index (κ3) is 9.54. The summed E-state index contributed by atoms with van der Waals surface area (Å²) in [5, 5.41) is 0. The van der Waals surface area contributed by atoms with Crippen LogP contribution in [0.1, 0.15) is 74.7 Å². The molecule has 134 valence electrons. The van der Waals surface area contributed by atoms with E-state index in [0.717, 1.165) is 12.5 Å². The van der Waals surface area contributed by atoms with Crippen LogP contribution in [-0.2, 0) is 8.85 Å². The van der Waals surface area contributed by atoms with Crippen LogP contribution in [0.3, 0.4) is 0 Å². The lowest BCUT2D eigenvalue weighted by atomic mass is 9.66. The van der Waals surface area contributed by atoms with Crippen molar-refractivity contribution >= 4 is 18.9 Å². The molecule has 1 unspecified atom stereocenters. The van der Waals surface area contributed by atoms with Gasteiger partial charge in [0.25, 0.3) is 0 Å². The molecule has 0 amide bonds. The lowest BCUT2D eigenvalue weighted by Gasteiger charge is -2.40. The highest BCUT2D eigenvalue weighted by Gasteiger charge is 2.38. The standard InChI is InChI=1S/C18H39ClO2Si/c1-15(12-22(19,20-9)21-10)11-17(5,6)14-18(7,8)13-16(2,3)4/h15H,11-14H2,1-10H3. The highest BCUT2D eigenvalue weighted by Crippen LogP contribution is 2.45. The molecule has 0 spiro atoms. The van der Waals surface area contributed by atoms with Gasteiger partial charge in [-0.1, -0.05) is 66.5 Å². The molecule has 0 aliphatic carbocycles. The SMILES string of the molecule is CO[Si](Cl)(CC(C)CC(C)(C)CC(C)(C)CC(C)(C)C)OC. The number of hydrogen-bond acceptors (Lipinski definition) is 2. The molecule has 0 fully saturated rings. The van der Waals surface area contributed by atoms with E-state index in [4.69, 9.17) is 19.9 Å². The summed E-state index contributed by atoms with van der Waals surface area (Å²) in [5.41, 5.74) is 1.01. The van der Waals surface area contributed by atoms with Crippen LogP contribution in [-0.4, -0.2) is 22.1 Å². The van der Waals surface area contributed by atoms with Crippen molar-refractivity contribution in [3.8, 4) is 0 Å². The van der Waals surface area contributed by atoms with Crippen LogP contribution in [0.4, 0.5) is 0 Å². The Morgan fingerprint density at radius 1 is 0.864 bits per heavy atom. The Labute approximate surface area is 145 Å². The van der Waals surface area contributed by atoms with E-state index in [2.05, 4.69) is 55.4 Å². The van der Waals surface area contributed by atoms with Gasteiger partial charge in [0.05, 0.1) is 0 Å². The Morgan fingerprint density at radius 2 is 1.32 bits per heavy atom. The van der Waals surface area contributed by atoms with Crippen molar-refractivity contribution in [2.45, 2.75) is 80.7 Å². The molecule has 2 nitrogen and oxygen atoms in total. The second kappa shape index (κ2) is 8.00. The van der Waals surface area contributed by atoms with Crippen molar-refractivity contribution in [3.63, 3.8) is 0 Å². The Kier molecular flexibility index (Phi) is 8.16. The Morgan fingerprint density at radius 3 is 1.68 bits per heavy atom. The first-order chi connectivity index (χ1) is 9.64. The summed E-state index contributed by atoms with van der Waals surface area (Å²) in [4.78, 5) is 0. The summed E-state index contributed by atoms with van der Waals surface area (Å²) in [6.07, 6.45) is 3.61. The zero-order chi connectivity index (χ0) is 17.8. The predicted molar refractivity (Wildman–Crippen MR) is 100 cm³/mol. The topological polar surface area (TPSA) is 18.5 Å². The normalized spacial score (nSPS) is 16.0. The van der Waals surface area contributed by atoms with E-state index in [1.165, 1.54) is 12.8 Å². The molecule has 0 saturated heterocycles. The minimum Gasteiger partial charge on any atom is -0.386 e. The fourth-order valence-corrected chi connectivity index (χ4v) is 6.81. The summed E-state index contributed by atoms with van der Waals surface area (Å²) in [6, 6.07) is 0.838. The van der Waals surface area contributed by atoms with Crippen LogP contribution in [0.5, 0.6) is 0 Å². The highest BCUT2D eigenvalue weighted by atomic mass is 35.6. The quantitative estimate of drug-likeness (QED) is 0.355. The summed E-state index contributed by atoms with van der Waals surface area (Å²) >= 11 is 6.45. The van der Waals surface area contributed by atoms with Gasteiger partial charge in [-0.2, -0.15) is 0 Å². The van der Waals surface area contributed by atoms with Crippen LogP contribution in [0, 0.1) is 22.2 Å². The van der Waals surface area contributed by atoms with Crippen molar-refractivity contribution in [1.29, 1.82) is 0 Å². The van der Waals surface area contributed by atoms with Gasteiger partial charge >= 0.3 is 7.87 Å². The van der Waals surface area contributed by atoms with E-state index in [0.29, 0.717) is 22.2 Å². The molecule has 0 N–H and O–H groups in total. The minimum atomic E-state index is -2.48. The summed E-state index contributed by atoms with van der Waals surface area (Å²) < 4.78 is 10.8. The van der Waals surface area contributed by atoms with Gasteiger partial charge in [0.2, 0.25) is 0 Å². The van der Waals surface area contributed by atoms with Crippen molar-refractivity contribution in [1.82, 2.24) is 0 Å². The Hall–Kier alpha value is 0.427. The highest BCUT2D eigenvalue weighted by molar-refractivity contribution is 7.12. The first-order valence-electron chi connectivity index (χ1n) is 8.43. The maximum absolute atomic E-state index is 6.45. The van der Waals surface area contributed by atoms with Crippen molar-refractivity contribution < 1.29 is 8.85 Å². The van der Waals surface area contributed by atoms with E-state index in [-0.39, 0.29) is 0 Å². The third-order valence-electron chi connectivity index (χ3n) is 4.07. The summed E-state index contributed by atoms with van der Waals surface area (Å²) in [6.45, 7) is 18.8. The van der Waals surface area contributed by atoms with E-state index < -0.39 is 7.87 Å². The zero-order valence-electron chi connectivity index (χ0n) is 16.6. The molecule has 0 aliphatic rings. The third-order valence-corrected chi connectivity index (χ3v) is 7.86. The largest absolute Gasteiger partial charge is 0.442 e. The lowest BCUT2D eigenvalue weighted by molar-refractivity contribution is 0.116. The number of rotatable bonds is 9. The second-order valence-electron chi connectivity index (χ2n) is 9.82. The monoisotopic (exact) mass is 350 g/mol. The zero-order valence-corrected chi connectivity index (χ0v) is 18.4. The molecule has 22 heavy (non-hydrogen) atoms. The van der Waals surface area contributed by atoms with Crippen molar-refractivity contribution in [2.24, 2.45) is 22.2 Å². The van der Waals surface area contributed by atoms with E-state index in [1.54, 1.807) is 14.2 Å². The molecule has 0 bridgehead atoms. The lowest BCUT2D eigenvalue weighted by Crippen LogP contribution is -2.36. The van der Waals surface area contributed by atoms with Gasteiger partial charge in [0.15, 0.2) is 0 Å². The molecule has 0 rings (SSSR count). The van der Waals surface area contributed by atoms with Crippen LogP contribution in [0.15, 0.2) is 0 Å². The Bertz CT molecular complexity index is 330. The van der Waals surface area contributed by atoms with Gasteiger partial charge in [0.1, 0.15) is 0 Å². The number of halogens is 1. The first-order valence-corrected chi connectivity index (χ1v) is 11.5. The maximum atomic E-state index is 6.45. The molecule has 0 radical (unpaired) electrons. The van der Waals surface area contributed by atoms with E-state index >= 15 is 0 Å². The first kappa shape index (κ1) is 22.4. The molecule has 0 aromatic heterocycles. The van der Waals surface area contributed by atoms with Crippen LogP contribution in [0.2, 0.25) is 6.04 Å². The molecular formula is C18H39ClO2Si. The molecule has 0 aromatic rings. The summed E-state index contributed by atoms with van der Waals surface area (Å²) in [5.74, 6) is 0.504. The van der Waals surface area contributed by atoms with Crippen molar-refractivity contribution in [2.75, 3.05) is 14.2 Å². The minimum absolute atomic E-state index is 0.294. The van der Waals surface area contributed by atoms with Crippen LogP contribution in [0.25, 0.3) is 0 Å². The van der Waals surface area contributed by atoms with Gasteiger partial charge in [-0.15, -0.1) is 0 Å². The van der Waals surface area contributed by atoms with Crippen LogP contribution >= 0.6 is 11.1 Å². The van der Waals surface area contributed by atoms with Gasteiger partial charge in [0, 0.05) is 20.3 Å². The van der Waals surface area contributed by atoms with Gasteiger partial charge in [-0.25, -0.2) is 0 Å². The van der Waals surface area contributed by atoms with Crippen LogP contribution < -0.4 is 0 Å². The molecule has 1 atom stereocenters. The molecular weight excluding hydrogens is 312 g/mol. The number of hydrogen-bond donors (Lipinski definition) is 0. The second-order valence-corrected chi connectivity index (χ2v) is 14.1. The smallest absolute Gasteiger partial charge is 0.386 e. The van der Waals surface area contributed by atoms with Gasteiger partial charge in [-0.3, -0.25) is 0 Å². The average Bonchev–Trinajstić information content (AvgIpc) is 2.22. The predicted octanol–water partition coefficient (Wildman–Crippen LogP) is 6.36. The molecule has 0 saturated carbocycles. The Balaban J connectivity index is 4.69. The molecule has 0 aromatic carbocycles. The fourth-order valence-electron chi connectivity index (χ4n) is 4.55. The molecule has 4 heteroatoms. The van der Waals surface area contributed by atoms with Crippen molar-refractivity contribution in [3.05, 3.63) is 0 Å². The molecule has 0 heterocycles. The summed E-state index contributed by atoms with van der Waals surface area (Å²) in [7, 11) is 0.835. The fraction of sp³-hybridized carbons (Fsp3) is 1.00. The van der Waals surface area contributed by atoms with E-state index in [1.807, 2.05) is 0 Å². The van der Waals surface area contributed by atoms with Gasteiger partial charge < -0.3 is 8.85 Å².